The van der Waals surface area contributed by atoms with Crippen molar-refractivity contribution in [1.82, 2.24) is 4.31 Å². The average molecular weight is 471 g/mol. The van der Waals surface area contributed by atoms with Crippen LogP contribution in [0.3, 0.4) is 0 Å². The highest BCUT2D eigenvalue weighted by atomic mass is 32.2. The molecule has 4 aromatic carbocycles. The first-order valence-electron chi connectivity index (χ1n) is 11.2. The molecule has 5 nitrogen and oxygen atoms in total. The lowest BCUT2D eigenvalue weighted by Gasteiger charge is -2.37. The standard InChI is InChI=1S/C28H26N2O3S/c1-21-11-13-23(14-12-21)20-33-25-17-15-24(16-18-25)28-29-26-9-5-6-10-27(26)34(31,32)30(28)19-22-7-3-2-4-8-22/h2-18,28-29H,19-20H2,1H3/t28-/m0/s1. The predicted molar refractivity (Wildman–Crippen MR) is 134 cm³/mol. The van der Waals surface area contributed by atoms with E-state index in [-0.39, 0.29) is 6.54 Å². The van der Waals surface area contributed by atoms with Crippen LogP contribution in [0.25, 0.3) is 0 Å². The van der Waals surface area contributed by atoms with E-state index in [2.05, 4.69) is 36.5 Å². The Bertz CT molecular complexity index is 1370. The van der Waals surface area contributed by atoms with Crippen molar-refractivity contribution in [1.29, 1.82) is 0 Å². The highest BCUT2D eigenvalue weighted by molar-refractivity contribution is 7.89. The van der Waals surface area contributed by atoms with Crippen LogP contribution in [-0.2, 0) is 23.2 Å². The maximum atomic E-state index is 13.6. The monoisotopic (exact) mass is 470 g/mol. The highest BCUT2D eigenvalue weighted by Crippen LogP contribution is 2.39. The van der Waals surface area contributed by atoms with Gasteiger partial charge in [0.2, 0.25) is 10.0 Å². The third kappa shape index (κ3) is 4.55. The van der Waals surface area contributed by atoms with E-state index in [0.717, 1.165) is 22.4 Å². The van der Waals surface area contributed by atoms with Crippen LogP contribution < -0.4 is 10.1 Å². The van der Waals surface area contributed by atoms with E-state index in [4.69, 9.17) is 4.74 Å². The molecule has 0 fully saturated rings. The first kappa shape index (κ1) is 22.2. The first-order chi connectivity index (χ1) is 16.5. The number of rotatable bonds is 6. The number of hydrogen-bond donors (Lipinski definition) is 1. The molecule has 1 N–H and O–H groups in total. The summed E-state index contributed by atoms with van der Waals surface area (Å²) in [6.45, 7) is 2.80. The van der Waals surface area contributed by atoms with Gasteiger partial charge in [0.05, 0.1) is 5.69 Å². The third-order valence-electron chi connectivity index (χ3n) is 5.96. The van der Waals surface area contributed by atoms with Crippen molar-refractivity contribution in [3.8, 4) is 5.75 Å². The fourth-order valence-corrected chi connectivity index (χ4v) is 5.76. The second kappa shape index (κ2) is 9.33. The molecule has 5 rings (SSSR count). The number of nitrogens with one attached hydrogen (secondary N) is 1. The number of anilines is 1. The van der Waals surface area contributed by atoms with E-state index in [1.54, 1.807) is 18.2 Å². The number of hydrogen-bond acceptors (Lipinski definition) is 4. The molecular formula is C28H26N2O3S. The Morgan fingerprint density at radius 3 is 2.21 bits per heavy atom. The molecule has 0 spiro atoms. The molecule has 0 saturated carbocycles. The number of sulfonamides is 1. The Morgan fingerprint density at radius 1 is 0.794 bits per heavy atom. The molecule has 1 atom stereocenters. The van der Waals surface area contributed by atoms with Crippen LogP contribution in [0.15, 0.2) is 108 Å². The Labute approximate surface area is 200 Å². The number of aryl methyl sites for hydroxylation is 1. The zero-order valence-electron chi connectivity index (χ0n) is 18.9. The second-order valence-corrected chi connectivity index (χ2v) is 10.3. The van der Waals surface area contributed by atoms with Crippen LogP contribution in [-0.4, -0.2) is 12.7 Å². The van der Waals surface area contributed by atoms with Crippen molar-refractivity contribution in [2.75, 3.05) is 5.32 Å². The SMILES string of the molecule is Cc1ccc(COc2ccc([C@H]3Nc4ccccc4S(=O)(=O)N3Cc3ccccc3)cc2)cc1. The minimum absolute atomic E-state index is 0.265. The summed E-state index contributed by atoms with van der Waals surface area (Å²) in [6.07, 6.45) is -0.536. The molecule has 0 saturated heterocycles. The summed E-state index contributed by atoms with van der Waals surface area (Å²) in [4.78, 5) is 0.292. The molecule has 172 valence electrons. The number of para-hydroxylation sites is 1. The van der Waals surface area contributed by atoms with Crippen molar-refractivity contribution in [3.63, 3.8) is 0 Å². The number of ether oxygens (including phenoxy) is 1. The zero-order chi connectivity index (χ0) is 23.5. The molecule has 34 heavy (non-hydrogen) atoms. The molecule has 0 amide bonds. The minimum Gasteiger partial charge on any atom is -0.489 e. The van der Waals surface area contributed by atoms with E-state index in [9.17, 15) is 8.42 Å². The van der Waals surface area contributed by atoms with Crippen LogP contribution >= 0.6 is 0 Å². The van der Waals surface area contributed by atoms with Crippen LogP contribution in [0.5, 0.6) is 5.75 Å². The Morgan fingerprint density at radius 2 is 1.47 bits per heavy atom. The summed E-state index contributed by atoms with van der Waals surface area (Å²) in [6, 6.07) is 32.5. The lowest BCUT2D eigenvalue weighted by molar-refractivity contribution is 0.305. The van der Waals surface area contributed by atoms with Crippen molar-refractivity contribution in [2.45, 2.75) is 31.1 Å². The maximum Gasteiger partial charge on any atom is 0.247 e. The first-order valence-corrected chi connectivity index (χ1v) is 12.6. The van der Waals surface area contributed by atoms with Gasteiger partial charge >= 0.3 is 0 Å². The topological polar surface area (TPSA) is 58.6 Å². The van der Waals surface area contributed by atoms with Crippen molar-refractivity contribution in [2.24, 2.45) is 0 Å². The molecule has 1 aliphatic rings. The summed E-state index contributed by atoms with van der Waals surface area (Å²) < 4.78 is 34.7. The number of nitrogens with zero attached hydrogens (tertiary/aromatic N) is 1. The minimum atomic E-state index is -3.70. The van der Waals surface area contributed by atoms with Gasteiger partial charge in [-0.15, -0.1) is 0 Å². The van der Waals surface area contributed by atoms with Gasteiger partial charge < -0.3 is 10.1 Å². The van der Waals surface area contributed by atoms with Crippen molar-refractivity contribution >= 4 is 15.7 Å². The fraction of sp³-hybridized carbons (Fsp3) is 0.143. The molecule has 0 bridgehead atoms. The smallest absolute Gasteiger partial charge is 0.247 e. The summed E-state index contributed by atoms with van der Waals surface area (Å²) >= 11 is 0. The summed E-state index contributed by atoms with van der Waals surface area (Å²) in [5.74, 6) is 0.734. The lowest BCUT2D eigenvalue weighted by atomic mass is 10.1. The van der Waals surface area contributed by atoms with Gasteiger partial charge in [0, 0.05) is 6.54 Å². The van der Waals surface area contributed by atoms with E-state index in [1.807, 2.05) is 60.7 Å². The quantitative estimate of drug-likeness (QED) is 0.382. The molecule has 1 aliphatic heterocycles. The van der Waals surface area contributed by atoms with E-state index in [1.165, 1.54) is 9.87 Å². The van der Waals surface area contributed by atoms with Crippen LogP contribution in [0.1, 0.15) is 28.4 Å². The normalized spacial score (nSPS) is 16.9. The number of benzene rings is 4. The molecule has 0 radical (unpaired) electrons. The predicted octanol–water partition coefficient (Wildman–Crippen LogP) is 5.89. The molecule has 6 heteroatoms. The van der Waals surface area contributed by atoms with Gasteiger partial charge in [-0.2, -0.15) is 4.31 Å². The Balaban J connectivity index is 1.42. The summed E-state index contributed by atoms with van der Waals surface area (Å²) in [7, 11) is -3.70. The van der Waals surface area contributed by atoms with Crippen LogP contribution in [0, 0.1) is 6.92 Å². The van der Waals surface area contributed by atoms with Gasteiger partial charge in [0.25, 0.3) is 0 Å². The van der Waals surface area contributed by atoms with Gasteiger partial charge in [-0.1, -0.05) is 84.4 Å². The molecule has 4 aromatic rings. The van der Waals surface area contributed by atoms with Gasteiger partial charge in [-0.25, -0.2) is 8.42 Å². The molecule has 0 aliphatic carbocycles. The fourth-order valence-electron chi connectivity index (χ4n) is 4.08. The van der Waals surface area contributed by atoms with Crippen LogP contribution in [0.4, 0.5) is 5.69 Å². The average Bonchev–Trinajstić information content (AvgIpc) is 2.86. The van der Waals surface area contributed by atoms with Crippen molar-refractivity contribution < 1.29 is 13.2 Å². The highest BCUT2D eigenvalue weighted by Gasteiger charge is 2.38. The summed E-state index contributed by atoms with van der Waals surface area (Å²) in [5, 5.41) is 3.43. The molecular weight excluding hydrogens is 444 g/mol. The summed E-state index contributed by atoms with van der Waals surface area (Å²) in [5.41, 5.74) is 4.69. The molecule has 0 unspecified atom stereocenters. The van der Waals surface area contributed by atoms with E-state index in [0.29, 0.717) is 17.2 Å². The second-order valence-electron chi connectivity index (χ2n) is 8.42. The maximum absolute atomic E-state index is 13.6. The lowest BCUT2D eigenvalue weighted by Crippen LogP contribution is -2.42. The van der Waals surface area contributed by atoms with Gasteiger partial charge in [0.1, 0.15) is 23.4 Å². The van der Waals surface area contributed by atoms with Gasteiger partial charge in [-0.05, 0) is 47.9 Å². The third-order valence-corrected chi connectivity index (χ3v) is 7.83. The Hall–Kier alpha value is -3.61. The molecule has 0 aromatic heterocycles. The largest absolute Gasteiger partial charge is 0.489 e. The van der Waals surface area contributed by atoms with Gasteiger partial charge in [-0.3, -0.25) is 0 Å². The van der Waals surface area contributed by atoms with Crippen LogP contribution in [0.2, 0.25) is 0 Å². The van der Waals surface area contributed by atoms with E-state index >= 15 is 0 Å². The number of fused-ring (bicyclic) bond motifs is 1. The zero-order valence-corrected chi connectivity index (χ0v) is 19.7. The van der Waals surface area contributed by atoms with Gasteiger partial charge in [0.15, 0.2) is 0 Å². The molecule has 1 heterocycles. The van der Waals surface area contributed by atoms with Crippen molar-refractivity contribution in [3.05, 3.63) is 125 Å². The Kier molecular flexibility index (Phi) is 6.09. The van der Waals surface area contributed by atoms with E-state index < -0.39 is 16.2 Å².